The Balaban J connectivity index is 1.68. The Morgan fingerprint density at radius 3 is 2.85 bits per heavy atom. The van der Waals surface area contributed by atoms with E-state index in [1.165, 1.54) is 11.3 Å². The second-order valence-electron chi connectivity index (χ2n) is 4.87. The molecule has 1 aromatic heterocycles. The number of amides is 1. The van der Waals surface area contributed by atoms with Gasteiger partial charge in [-0.1, -0.05) is 42.5 Å². The van der Waals surface area contributed by atoms with Crippen LogP contribution in [0.5, 0.6) is 0 Å². The molecule has 1 aliphatic carbocycles. The van der Waals surface area contributed by atoms with Gasteiger partial charge in [0.15, 0.2) is 5.13 Å². The van der Waals surface area contributed by atoms with Gasteiger partial charge in [-0.15, -0.1) is 11.3 Å². The SMILES string of the molecule is O=C(Nc1nc(-c2ccccc2)cs1)[C@@H]1CC=CCC1. The molecule has 0 fully saturated rings. The first kappa shape index (κ1) is 13.1. The average molecular weight is 284 g/mol. The molecule has 0 aliphatic heterocycles. The molecular weight excluding hydrogens is 268 g/mol. The lowest BCUT2D eigenvalue weighted by Gasteiger charge is -2.15. The van der Waals surface area contributed by atoms with Crippen molar-refractivity contribution in [2.45, 2.75) is 19.3 Å². The molecular formula is C16H16N2OS. The molecule has 1 aliphatic rings. The van der Waals surface area contributed by atoms with E-state index < -0.39 is 0 Å². The van der Waals surface area contributed by atoms with Gasteiger partial charge in [-0.2, -0.15) is 0 Å². The van der Waals surface area contributed by atoms with Crippen molar-refractivity contribution in [1.29, 1.82) is 0 Å². The number of carbonyl (C=O) groups is 1. The number of benzene rings is 1. The fourth-order valence-corrected chi connectivity index (χ4v) is 3.03. The van der Waals surface area contributed by atoms with Crippen molar-refractivity contribution in [1.82, 2.24) is 4.98 Å². The van der Waals surface area contributed by atoms with Crippen molar-refractivity contribution in [2.24, 2.45) is 5.92 Å². The van der Waals surface area contributed by atoms with Crippen LogP contribution in [0.3, 0.4) is 0 Å². The lowest BCUT2D eigenvalue weighted by Crippen LogP contribution is -2.23. The van der Waals surface area contributed by atoms with Crippen molar-refractivity contribution in [2.75, 3.05) is 5.32 Å². The summed E-state index contributed by atoms with van der Waals surface area (Å²) in [4.78, 5) is 16.6. The maximum atomic E-state index is 12.1. The zero-order valence-corrected chi connectivity index (χ0v) is 11.9. The van der Waals surface area contributed by atoms with Gasteiger partial charge >= 0.3 is 0 Å². The Kier molecular flexibility index (Phi) is 3.92. The van der Waals surface area contributed by atoms with E-state index in [-0.39, 0.29) is 11.8 Å². The van der Waals surface area contributed by atoms with E-state index >= 15 is 0 Å². The summed E-state index contributed by atoms with van der Waals surface area (Å²) in [6.07, 6.45) is 6.99. The quantitative estimate of drug-likeness (QED) is 0.862. The number of anilines is 1. The van der Waals surface area contributed by atoms with Crippen LogP contribution in [0.4, 0.5) is 5.13 Å². The highest BCUT2D eigenvalue weighted by Gasteiger charge is 2.19. The van der Waals surface area contributed by atoms with Gasteiger partial charge in [-0.3, -0.25) is 4.79 Å². The standard InChI is InChI=1S/C16H16N2OS/c19-15(13-9-5-2-6-10-13)18-16-17-14(11-20-16)12-7-3-1-4-8-12/h1-5,7-8,11,13H,6,9-10H2,(H,17,18,19)/t13-/m1/s1. The first-order valence-corrected chi connectivity index (χ1v) is 7.68. The third kappa shape index (κ3) is 2.96. The van der Waals surface area contributed by atoms with E-state index in [0.29, 0.717) is 5.13 Å². The number of aromatic nitrogens is 1. The molecule has 1 amide bonds. The Morgan fingerprint density at radius 1 is 1.25 bits per heavy atom. The van der Waals surface area contributed by atoms with Crippen molar-refractivity contribution < 1.29 is 4.79 Å². The fraction of sp³-hybridized carbons (Fsp3) is 0.250. The van der Waals surface area contributed by atoms with Crippen LogP contribution < -0.4 is 5.32 Å². The normalized spacial score (nSPS) is 17.9. The monoisotopic (exact) mass is 284 g/mol. The molecule has 0 saturated heterocycles. The topological polar surface area (TPSA) is 42.0 Å². The fourth-order valence-electron chi connectivity index (χ4n) is 2.31. The summed E-state index contributed by atoms with van der Waals surface area (Å²) in [6.45, 7) is 0. The van der Waals surface area contributed by atoms with E-state index in [4.69, 9.17) is 0 Å². The molecule has 0 spiro atoms. The van der Waals surface area contributed by atoms with E-state index in [1.807, 2.05) is 35.7 Å². The first-order chi connectivity index (χ1) is 9.83. The minimum Gasteiger partial charge on any atom is -0.302 e. The first-order valence-electron chi connectivity index (χ1n) is 6.80. The molecule has 1 aromatic carbocycles. The smallest absolute Gasteiger partial charge is 0.229 e. The maximum Gasteiger partial charge on any atom is 0.229 e. The molecule has 3 rings (SSSR count). The van der Waals surface area contributed by atoms with Gasteiger partial charge in [0.1, 0.15) is 0 Å². The maximum absolute atomic E-state index is 12.1. The minimum absolute atomic E-state index is 0.0864. The average Bonchev–Trinajstić information content (AvgIpc) is 2.97. The summed E-state index contributed by atoms with van der Waals surface area (Å²) >= 11 is 1.48. The highest BCUT2D eigenvalue weighted by atomic mass is 32.1. The number of rotatable bonds is 3. The van der Waals surface area contributed by atoms with Crippen molar-refractivity contribution in [3.8, 4) is 11.3 Å². The Hall–Kier alpha value is -1.94. The molecule has 0 saturated carbocycles. The van der Waals surface area contributed by atoms with E-state index in [9.17, 15) is 4.79 Å². The van der Waals surface area contributed by atoms with Crippen LogP contribution in [0.15, 0.2) is 47.9 Å². The molecule has 0 radical (unpaired) electrons. The van der Waals surface area contributed by atoms with Gasteiger partial charge in [-0.25, -0.2) is 4.98 Å². The number of nitrogens with zero attached hydrogens (tertiary/aromatic N) is 1. The molecule has 4 heteroatoms. The zero-order valence-electron chi connectivity index (χ0n) is 11.1. The second kappa shape index (κ2) is 6.01. The summed E-state index contributed by atoms with van der Waals surface area (Å²) in [5.41, 5.74) is 1.99. The molecule has 2 aromatic rings. The largest absolute Gasteiger partial charge is 0.302 e. The van der Waals surface area contributed by atoms with E-state index in [1.54, 1.807) is 0 Å². The summed E-state index contributed by atoms with van der Waals surface area (Å²) in [5, 5.41) is 5.60. The van der Waals surface area contributed by atoms with Crippen LogP contribution in [0.2, 0.25) is 0 Å². The van der Waals surface area contributed by atoms with Crippen LogP contribution in [-0.4, -0.2) is 10.9 Å². The number of thiazole rings is 1. The van der Waals surface area contributed by atoms with E-state index in [2.05, 4.69) is 22.5 Å². The molecule has 3 nitrogen and oxygen atoms in total. The van der Waals surface area contributed by atoms with Crippen molar-refractivity contribution >= 4 is 22.4 Å². The predicted molar refractivity (Wildman–Crippen MR) is 82.7 cm³/mol. The number of nitrogens with one attached hydrogen (secondary N) is 1. The van der Waals surface area contributed by atoms with Crippen LogP contribution >= 0.6 is 11.3 Å². The Morgan fingerprint density at radius 2 is 2.10 bits per heavy atom. The summed E-state index contributed by atoms with van der Waals surface area (Å²) in [7, 11) is 0. The van der Waals surface area contributed by atoms with Crippen LogP contribution in [0, 0.1) is 5.92 Å². The van der Waals surface area contributed by atoms with Crippen LogP contribution in [0.1, 0.15) is 19.3 Å². The molecule has 1 N–H and O–H groups in total. The molecule has 20 heavy (non-hydrogen) atoms. The third-order valence-electron chi connectivity index (χ3n) is 3.44. The number of hydrogen-bond acceptors (Lipinski definition) is 3. The second-order valence-corrected chi connectivity index (χ2v) is 5.73. The van der Waals surface area contributed by atoms with Crippen LogP contribution in [0.25, 0.3) is 11.3 Å². The van der Waals surface area contributed by atoms with E-state index in [0.717, 1.165) is 30.5 Å². The lowest BCUT2D eigenvalue weighted by atomic mass is 9.94. The van der Waals surface area contributed by atoms with Crippen molar-refractivity contribution in [3.63, 3.8) is 0 Å². The number of allylic oxidation sites excluding steroid dienone is 2. The minimum atomic E-state index is 0.0864. The van der Waals surface area contributed by atoms with Gasteiger partial charge in [0.25, 0.3) is 0 Å². The Bertz CT molecular complexity index is 618. The third-order valence-corrected chi connectivity index (χ3v) is 4.20. The number of hydrogen-bond donors (Lipinski definition) is 1. The van der Waals surface area contributed by atoms with Gasteiger partial charge < -0.3 is 5.32 Å². The molecule has 0 unspecified atom stereocenters. The summed E-state index contributed by atoms with van der Waals surface area (Å²) in [5.74, 6) is 0.174. The lowest BCUT2D eigenvalue weighted by molar-refractivity contribution is -0.120. The van der Waals surface area contributed by atoms with Gasteiger partial charge in [0.2, 0.25) is 5.91 Å². The van der Waals surface area contributed by atoms with Gasteiger partial charge in [0, 0.05) is 16.9 Å². The Labute approximate surface area is 122 Å². The molecule has 1 atom stereocenters. The van der Waals surface area contributed by atoms with Crippen molar-refractivity contribution in [3.05, 3.63) is 47.9 Å². The molecule has 102 valence electrons. The number of carbonyl (C=O) groups excluding carboxylic acids is 1. The van der Waals surface area contributed by atoms with Gasteiger partial charge in [0.05, 0.1) is 5.69 Å². The summed E-state index contributed by atoms with van der Waals surface area (Å²) < 4.78 is 0. The predicted octanol–water partition coefficient (Wildman–Crippen LogP) is 4.10. The summed E-state index contributed by atoms with van der Waals surface area (Å²) in [6, 6.07) is 10.00. The highest BCUT2D eigenvalue weighted by Crippen LogP contribution is 2.26. The zero-order chi connectivity index (χ0) is 13.8. The molecule has 1 heterocycles. The van der Waals surface area contributed by atoms with Gasteiger partial charge in [-0.05, 0) is 19.3 Å². The van der Waals surface area contributed by atoms with Crippen LogP contribution in [-0.2, 0) is 4.79 Å². The molecule has 0 bridgehead atoms. The highest BCUT2D eigenvalue weighted by molar-refractivity contribution is 7.14.